The fourth-order valence-corrected chi connectivity index (χ4v) is 1.58. The topological polar surface area (TPSA) is 64.3 Å². The molecular formula is C14H22N2O2. The summed E-state index contributed by atoms with van der Waals surface area (Å²) >= 11 is 0. The molecule has 1 aromatic rings. The molecule has 18 heavy (non-hydrogen) atoms. The minimum absolute atomic E-state index is 0.110. The molecule has 3 N–H and O–H groups in total. The lowest BCUT2D eigenvalue weighted by Gasteiger charge is -2.21. The lowest BCUT2D eigenvalue weighted by Crippen LogP contribution is -2.36. The van der Waals surface area contributed by atoms with E-state index >= 15 is 0 Å². The van der Waals surface area contributed by atoms with Gasteiger partial charge in [-0.3, -0.25) is 0 Å². The third-order valence-corrected chi connectivity index (χ3v) is 2.45. The van der Waals surface area contributed by atoms with Gasteiger partial charge >= 0.3 is 6.09 Å². The summed E-state index contributed by atoms with van der Waals surface area (Å²) in [5, 5.41) is 2.75. The van der Waals surface area contributed by atoms with Crippen molar-refractivity contribution in [2.75, 3.05) is 13.1 Å². The largest absolute Gasteiger partial charge is 0.444 e. The SMILES string of the molecule is CC(C)(C)OC(=O)NC[C@H](CN)c1ccccc1. The molecule has 0 fully saturated rings. The third kappa shape index (κ3) is 5.19. The van der Waals surface area contributed by atoms with Crippen LogP contribution < -0.4 is 11.1 Å². The Bertz CT molecular complexity index is 371. The van der Waals surface area contributed by atoms with Gasteiger partial charge in [0.05, 0.1) is 0 Å². The summed E-state index contributed by atoms with van der Waals surface area (Å²) in [5.41, 5.74) is 6.37. The Kier molecular flexibility index (Phi) is 5.16. The van der Waals surface area contributed by atoms with Crippen molar-refractivity contribution in [3.8, 4) is 0 Å². The Morgan fingerprint density at radius 1 is 1.33 bits per heavy atom. The number of amides is 1. The molecule has 1 aromatic carbocycles. The van der Waals surface area contributed by atoms with Crippen LogP contribution in [0.3, 0.4) is 0 Å². The lowest BCUT2D eigenvalue weighted by molar-refractivity contribution is 0.0525. The second-order valence-corrected chi connectivity index (χ2v) is 5.23. The average molecular weight is 250 g/mol. The molecule has 0 bridgehead atoms. The Morgan fingerprint density at radius 2 is 1.94 bits per heavy atom. The van der Waals surface area contributed by atoms with Crippen LogP contribution >= 0.6 is 0 Å². The second kappa shape index (κ2) is 6.40. The Morgan fingerprint density at radius 3 is 2.44 bits per heavy atom. The Balaban J connectivity index is 2.48. The molecule has 0 aliphatic carbocycles. The summed E-state index contributed by atoms with van der Waals surface area (Å²) in [6.07, 6.45) is -0.406. The van der Waals surface area contributed by atoms with Gasteiger partial charge in [0.15, 0.2) is 0 Å². The second-order valence-electron chi connectivity index (χ2n) is 5.23. The zero-order chi connectivity index (χ0) is 13.6. The van der Waals surface area contributed by atoms with Crippen molar-refractivity contribution >= 4 is 6.09 Å². The van der Waals surface area contributed by atoms with Gasteiger partial charge < -0.3 is 15.8 Å². The number of rotatable bonds is 4. The maximum absolute atomic E-state index is 11.5. The van der Waals surface area contributed by atoms with Gasteiger partial charge in [-0.2, -0.15) is 0 Å². The number of ether oxygens (including phenoxy) is 1. The van der Waals surface area contributed by atoms with E-state index in [1.807, 2.05) is 51.1 Å². The van der Waals surface area contributed by atoms with Crippen molar-refractivity contribution in [1.29, 1.82) is 0 Å². The molecule has 1 atom stereocenters. The first-order chi connectivity index (χ1) is 8.42. The molecule has 0 heterocycles. The molecule has 0 spiro atoms. The highest BCUT2D eigenvalue weighted by atomic mass is 16.6. The minimum atomic E-state index is -0.477. The predicted molar refractivity (Wildman–Crippen MR) is 72.5 cm³/mol. The van der Waals surface area contributed by atoms with Crippen molar-refractivity contribution in [3.05, 3.63) is 35.9 Å². The van der Waals surface area contributed by atoms with Crippen molar-refractivity contribution in [3.63, 3.8) is 0 Å². The van der Waals surface area contributed by atoms with Crippen LogP contribution in [0.1, 0.15) is 32.3 Å². The van der Waals surface area contributed by atoms with Crippen LogP contribution in [0, 0.1) is 0 Å². The maximum atomic E-state index is 11.5. The van der Waals surface area contributed by atoms with Crippen LogP contribution in [0.4, 0.5) is 4.79 Å². The van der Waals surface area contributed by atoms with Crippen molar-refractivity contribution in [1.82, 2.24) is 5.32 Å². The van der Waals surface area contributed by atoms with Gasteiger partial charge in [0.1, 0.15) is 5.60 Å². The maximum Gasteiger partial charge on any atom is 0.407 e. The fraction of sp³-hybridized carbons (Fsp3) is 0.500. The van der Waals surface area contributed by atoms with Crippen molar-refractivity contribution in [2.24, 2.45) is 5.73 Å². The van der Waals surface area contributed by atoms with Gasteiger partial charge in [0.2, 0.25) is 0 Å². The molecule has 0 aliphatic heterocycles. The fourth-order valence-electron chi connectivity index (χ4n) is 1.58. The van der Waals surface area contributed by atoms with Gasteiger partial charge in [0, 0.05) is 19.0 Å². The number of alkyl carbamates (subject to hydrolysis) is 1. The molecule has 0 saturated carbocycles. The predicted octanol–water partition coefficient (Wildman–Crippen LogP) is 2.25. The third-order valence-electron chi connectivity index (χ3n) is 2.45. The van der Waals surface area contributed by atoms with Gasteiger partial charge in [-0.1, -0.05) is 30.3 Å². The first-order valence-corrected chi connectivity index (χ1v) is 6.14. The highest BCUT2D eigenvalue weighted by Gasteiger charge is 2.17. The highest BCUT2D eigenvalue weighted by Crippen LogP contribution is 2.13. The first kappa shape index (κ1) is 14.5. The van der Waals surface area contributed by atoms with E-state index in [1.54, 1.807) is 0 Å². The van der Waals surface area contributed by atoms with E-state index in [-0.39, 0.29) is 5.92 Å². The average Bonchev–Trinajstić information content (AvgIpc) is 2.29. The quantitative estimate of drug-likeness (QED) is 0.861. The number of nitrogens with two attached hydrogens (primary N) is 1. The lowest BCUT2D eigenvalue weighted by atomic mass is 9.99. The smallest absolute Gasteiger partial charge is 0.407 e. The first-order valence-electron chi connectivity index (χ1n) is 6.14. The van der Waals surface area contributed by atoms with E-state index in [0.717, 1.165) is 5.56 Å². The standard InChI is InChI=1S/C14H22N2O2/c1-14(2,3)18-13(17)16-10-12(9-15)11-7-5-4-6-8-11/h4-8,12H,9-10,15H2,1-3H3,(H,16,17)/t12-/m0/s1. The van der Waals surface area contributed by atoms with Crippen molar-refractivity contribution in [2.45, 2.75) is 32.3 Å². The zero-order valence-electron chi connectivity index (χ0n) is 11.3. The van der Waals surface area contributed by atoms with Crippen LogP contribution in [0.15, 0.2) is 30.3 Å². The number of hydrogen-bond acceptors (Lipinski definition) is 3. The van der Waals surface area contributed by atoms with E-state index in [2.05, 4.69) is 5.32 Å². The molecule has 4 nitrogen and oxygen atoms in total. The zero-order valence-corrected chi connectivity index (χ0v) is 11.3. The number of carbonyl (C=O) groups excluding carboxylic acids is 1. The summed E-state index contributed by atoms with van der Waals surface area (Å²) in [5.74, 6) is 0.110. The summed E-state index contributed by atoms with van der Waals surface area (Å²) < 4.78 is 5.18. The number of nitrogens with one attached hydrogen (secondary N) is 1. The molecule has 0 aromatic heterocycles. The van der Waals surface area contributed by atoms with E-state index in [0.29, 0.717) is 13.1 Å². The monoisotopic (exact) mass is 250 g/mol. The molecule has 100 valence electrons. The summed E-state index contributed by atoms with van der Waals surface area (Å²) in [7, 11) is 0. The van der Waals surface area contributed by atoms with Crippen LogP contribution in [-0.2, 0) is 4.74 Å². The van der Waals surface area contributed by atoms with Gasteiger partial charge in [0.25, 0.3) is 0 Å². The molecule has 0 radical (unpaired) electrons. The highest BCUT2D eigenvalue weighted by molar-refractivity contribution is 5.67. The van der Waals surface area contributed by atoms with Crippen LogP contribution in [-0.4, -0.2) is 24.8 Å². The van der Waals surface area contributed by atoms with Crippen LogP contribution in [0.25, 0.3) is 0 Å². The summed E-state index contributed by atoms with van der Waals surface area (Å²) in [6.45, 7) is 6.48. The normalized spacial score (nSPS) is 12.9. The minimum Gasteiger partial charge on any atom is -0.444 e. The summed E-state index contributed by atoms with van der Waals surface area (Å²) in [6, 6.07) is 9.90. The number of carbonyl (C=O) groups is 1. The van der Waals surface area contributed by atoms with E-state index in [9.17, 15) is 4.79 Å². The molecule has 4 heteroatoms. The Hall–Kier alpha value is -1.55. The molecule has 0 unspecified atom stereocenters. The van der Waals surface area contributed by atoms with Crippen molar-refractivity contribution < 1.29 is 9.53 Å². The van der Waals surface area contributed by atoms with Crippen LogP contribution in [0.5, 0.6) is 0 Å². The van der Waals surface area contributed by atoms with E-state index < -0.39 is 11.7 Å². The molecular weight excluding hydrogens is 228 g/mol. The summed E-state index contributed by atoms with van der Waals surface area (Å²) in [4.78, 5) is 11.5. The molecule has 1 amide bonds. The van der Waals surface area contributed by atoms with Gasteiger partial charge in [-0.15, -0.1) is 0 Å². The van der Waals surface area contributed by atoms with Gasteiger partial charge in [-0.25, -0.2) is 4.79 Å². The molecule has 0 saturated heterocycles. The Labute approximate surface area is 109 Å². The van der Waals surface area contributed by atoms with E-state index in [1.165, 1.54) is 0 Å². The number of hydrogen-bond donors (Lipinski definition) is 2. The van der Waals surface area contributed by atoms with E-state index in [4.69, 9.17) is 10.5 Å². The molecule has 0 aliphatic rings. The molecule has 1 rings (SSSR count). The van der Waals surface area contributed by atoms with Crippen LogP contribution in [0.2, 0.25) is 0 Å². The number of benzene rings is 1. The van der Waals surface area contributed by atoms with Gasteiger partial charge in [-0.05, 0) is 26.3 Å².